The van der Waals surface area contributed by atoms with Crippen molar-refractivity contribution in [1.29, 1.82) is 0 Å². The first kappa shape index (κ1) is 20.9. The van der Waals surface area contributed by atoms with Crippen molar-refractivity contribution in [3.63, 3.8) is 0 Å². The van der Waals surface area contributed by atoms with E-state index in [0.717, 1.165) is 29.0 Å². The van der Waals surface area contributed by atoms with Crippen LogP contribution in [-0.2, 0) is 0 Å². The van der Waals surface area contributed by atoms with Gasteiger partial charge in [-0.15, -0.1) is 0 Å². The molecule has 0 unspecified atom stereocenters. The second kappa shape index (κ2) is 7.17. The molecule has 6 heteroatoms. The second-order valence-electron chi connectivity index (χ2n) is 12.1. The van der Waals surface area contributed by atoms with E-state index < -0.39 is 0 Å². The number of rotatable bonds is 5. The average Bonchev–Trinajstić information content (AvgIpc) is 3.40. The van der Waals surface area contributed by atoms with E-state index >= 15 is 0 Å². The molecule has 2 aliphatic carbocycles. The summed E-state index contributed by atoms with van der Waals surface area (Å²) in [6.45, 7) is 4.71. The van der Waals surface area contributed by atoms with Gasteiger partial charge in [0.1, 0.15) is 11.6 Å². The van der Waals surface area contributed by atoms with Crippen LogP contribution in [0.4, 0.5) is 0 Å². The van der Waals surface area contributed by atoms with E-state index in [1.807, 2.05) is 12.4 Å². The van der Waals surface area contributed by atoms with Crippen LogP contribution in [0.1, 0.15) is 63.3 Å². The highest BCUT2D eigenvalue weighted by Gasteiger charge is 2.58. The lowest BCUT2D eigenvalue weighted by atomic mass is 10.0. The van der Waals surface area contributed by atoms with E-state index in [-0.39, 0.29) is 0 Å². The van der Waals surface area contributed by atoms with Crippen molar-refractivity contribution in [2.24, 2.45) is 11.3 Å². The molecule has 6 nitrogen and oxygen atoms in total. The van der Waals surface area contributed by atoms with Gasteiger partial charge in [-0.05, 0) is 66.2 Å². The van der Waals surface area contributed by atoms with Crippen LogP contribution in [-0.4, -0.2) is 31.5 Å². The zero-order valence-electron chi connectivity index (χ0n) is 20.8. The Kier molecular flexibility index (Phi) is 4.17. The Morgan fingerprint density at radius 2 is 1.25 bits per heavy atom. The summed E-state index contributed by atoms with van der Waals surface area (Å²) >= 11 is 0. The zero-order chi connectivity index (χ0) is 24.1. The van der Waals surface area contributed by atoms with Crippen molar-refractivity contribution < 1.29 is 0 Å². The van der Waals surface area contributed by atoms with Gasteiger partial charge in [0.2, 0.25) is 0 Å². The van der Waals surface area contributed by atoms with E-state index in [2.05, 4.69) is 92.9 Å². The van der Waals surface area contributed by atoms with Gasteiger partial charge in [-0.3, -0.25) is 0 Å². The molecule has 2 saturated heterocycles. The molecule has 2 aromatic heterocycles. The van der Waals surface area contributed by atoms with Crippen LogP contribution in [0.5, 0.6) is 0 Å². The number of H-pyrrole nitrogens is 2. The molecule has 0 radical (unpaired) electrons. The molecule has 4 N–H and O–H groups in total. The topological polar surface area (TPSA) is 81.4 Å². The number of imidazole rings is 2. The molecule has 36 heavy (non-hydrogen) atoms. The van der Waals surface area contributed by atoms with E-state index in [1.54, 1.807) is 0 Å². The van der Waals surface area contributed by atoms with Crippen LogP contribution in [0.3, 0.4) is 0 Å². The number of hydrogen-bond donors (Lipinski definition) is 4. The highest BCUT2D eigenvalue weighted by atomic mass is 15.1. The molecule has 4 heterocycles. The molecule has 4 fully saturated rings. The summed E-state index contributed by atoms with van der Waals surface area (Å²) in [5.41, 5.74) is 7.75. The largest absolute Gasteiger partial charge is 0.341 e. The normalized spacial score (nSPS) is 33.9. The van der Waals surface area contributed by atoms with Gasteiger partial charge in [0, 0.05) is 11.6 Å². The van der Waals surface area contributed by atoms with Gasteiger partial charge >= 0.3 is 0 Å². The molecule has 0 amide bonds. The summed E-state index contributed by atoms with van der Waals surface area (Å²) in [5.74, 6) is 2.94. The molecule has 0 spiro atoms. The lowest BCUT2D eigenvalue weighted by molar-refractivity contribution is 0.488. The number of hydrogen-bond acceptors (Lipinski definition) is 4. The minimum Gasteiger partial charge on any atom is -0.341 e. The Balaban J connectivity index is 0.960. The third kappa shape index (κ3) is 3.31. The Morgan fingerprint density at radius 1 is 0.694 bits per heavy atom. The van der Waals surface area contributed by atoms with Crippen LogP contribution in [0.25, 0.3) is 33.6 Å². The predicted octanol–water partition coefficient (Wildman–Crippen LogP) is 5.76. The number of benzene rings is 2. The molecule has 182 valence electrons. The van der Waals surface area contributed by atoms with Gasteiger partial charge in [-0.2, -0.15) is 0 Å². The molecule has 8 rings (SSSR count). The molecule has 2 saturated carbocycles. The van der Waals surface area contributed by atoms with Crippen molar-refractivity contribution in [3.05, 3.63) is 72.6 Å². The monoisotopic (exact) mass is 476 g/mol. The van der Waals surface area contributed by atoms with Gasteiger partial charge < -0.3 is 20.6 Å². The lowest BCUT2D eigenvalue weighted by Crippen LogP contribution is -2.27. The third-order valence-electron chi connectivity index (χ3n) is 9.44. The highest BCUT2D eigenvalue weighted by molar-refractivity contribution is 5.71. The fraction of sp³-hybridized carbons (Fsp3) is 0.400. The number of nitrogens with zero attached hydrogens (tertiary/aromatic N) is 2. The first-order valence-corrected chi connectivity index (χ1v) is 13.3. The summed E-state index contributed by atoms with van der Waals surface area (Å²) in [6, 6.07) is 18.9. The molecule has 4 aromatic rings. The van der Waals surface area contributed by atoms with E-state index in [0.29, 0.717) is 29.1 Å². The second-order valence-corrected chi connectivity index (χ2v) is 12.1. The van der Waals surface area contributed by atoms with Gasteiger partial charge in [0.05, 0.1) is 35.9 Å². The van der Waals surface area contributed by atoms with E-state index in [4.69, 9.17) is 0 Å². The molecule has 4 aliphatic rings. The van der Waals surface area contributed by atoms with Gasteiger partial charge in [-0.1, -0.05) is 55.5 Å². The quantitative estimate of drug-likeness (QED) is 0.295. The zero-order valence-corrected chi connectivity index (χ0v) is 20.8. The van der Waals surface area contributed by atoms with Crippen LogP contribution in [0.2, 0.25) is 0 Å². The average molecular weight is 477 g/mol. The summed E-state index contributed by atoms with van der Waals surface area (Å²) < 4.78 is 0. The summed E-state index contributed by atoms with van der Waals surface area (Å²) in [4.78, 5) is 16.5. The number of nitrogens with one attached hydrogen (secondary N) is 4. The summed E-state index contributed by atoms with van der Waals surface area (Å²) in [6.07, 6.45) is 8.92. The highest BCUT2D eigenvalue weighted by Crippen LogP contribution is 2.57. The van der Waals surface area contributed by atoms with Crippen LogP contribution < -0.4 is 10.6 Å². The maximum atomic E-state index is 4.69. The summed E-state index contributed by atoms with van der Waals surface area (Å²) in [5, 5.41) is 7.46. The maximum absolute atomic E-state index is 4.69. The van der Waals surface area contributed by atoms with E-state index in [9.17, 15) is 0 Å². The molecule has 2 aromatic carbocycles. The number of aromatic amines is 2. The van der Waals surface area contributed by atoms with Crippen molar-refractivity contribution in [3.8, 4) is 33.6 Å². The molecular formula is C30H32N6. The number of fused-ring (bicyclic) bond motifs is 2. The van der Waals surface area contributed by atoms with Crippen LogP contribution in [0.15, 0.2) is 60.9 Å². The molecular weight excluding hydrogens is 444 g/mol. The number of piperidine rings is 2. The smallest absolute Gasteiger partial charge is 0.123 e. The maximum Gasteiger partial charge on any atom is 0.123 e. The summed E-state index contributed by atoms with van der Waals surface area (Å²) in [7, 11) is 0. The first-order valence-electron chi connectivity index (χ1n) is 13.3. The standard InChI is InChI=1S/C30H32N6/c1-29-13-23(33-26(29)14-29)28-32-16-25(35-28)20-9-5-18(6-10-20)17-3-7-19(8-4-17)24-15-31-27(34-24)22-11-21-12-30(21,2)36-22/h3-10,15-16,21-23,26,33,36H,11-14H2,1-2H3,(H,31,34)(H,32,35)/t21-,22-,23-,26+,29-,30+/m0/s1. The Bertz CT molecular complexity index is 1340. The predicted molar refractivity (Wildman–Crippen MR) is 141 cm³/mol. The van der Waals surface area contributed by atoms with Crippen molar-refractivity contribution >= 4 is 0 Å². The Hall–Kier alpha value is -3.22. The third-order valence-corrected chi connectivity index (χ3v) is 9.44. The van der Waals surface area contributed by atoms with Crippen molar-refractivity contribution in [2.45, 2.75) is 63.2 Å². The Labute approximate surface area is 211 Å². The van der Waals surface area contributed by atoms with Crippen LogP contribution in [0, 0.1) is 11.3 Å². The fourth-order valence-corrected chi connectivity index (χ4v) is 6.74. The SMILES string of the molecule is C[C@@]12C[C@@H](c3ncc(-c4ccc(-c5ccc(-c6cnc([C@@H]7C[C@H]8C[C@@]8(C)N7)[nH]6)cc5)cc4)[nH]3)N[C@@H]1C2. The van der Waals surface area contributed by atoms with Gasteiger partial charge in [-0.25, -0.2) is 9.97 Å². The molecule has 6 atom stereocenters. The minimum atomic E-state index is 0.348. The minimum absolute atomic E-state index is 0.348. The van der Waals surface area contributed by atoms with Crippen molar-refractivity contribution in [1.82, 2.24) is 30.6 Å². The lowest BCUT2D eigenvalue weighted by Gasteiger charge is -2.13. The molecule has 2 aliphatic heterocycles. The van der Waals surface area contributed by atoms with E-state index in [1.165, 1.54) is 47.9 Å². The fourth-order valence-electron chi connectivity index (χ4n) is 6.74. The van der Waals surface area contributed by atoms with Gasteiger partial charge in [0.25, 0.3) is 0 Å². The molecule has 0 bridgehead atoms. The number of aromatic nitrogens is 4. The van der Waals surface area contributed by atoms with Gasteiger partial charge in [0.15, 0.2) is 0 Å². The first-order chi connectivity index (χ1) is 17.5. The Morgan fingerprint density at radius 3 is 1.75 bits per heavy atom. The van der Waals surface area contributed by atoms with Crippen LogP contribution >= 0.6 is 0 Å². The van der Waals surface area contributed by atoms with Crippen molar-refractivity contribution in [2.75, 3.05) is 0 Å².